The third kappa shape index (κ3) is 5.15. The Morgan fingerprint density at radius 1 is 0.568 bits per heavy atom. The first-order chi connectivity index (χ1) is 17.9. The highest BCUT2D eigenvalue weighted by Crippen LogP contribution is 2.50. The highest BCUT2D eigenvalue weighted by Gasteiger charge is 2.23. The van der Waals surface area contributed by atoms with Crippen LogP contribution in [0.4, 0.5) is 10.3 Å². The van der Waals surface area contributed by atoms with Crippen molar-refractivity contribution >= 4 is 44.7 Å². The van der Waals surface area contributed by atoms with Crippen LogP contribution in [0.2, 0.25) is 0 Å². The van der Waals surface area contributed by atoms with Crippen LogP contribution in [0.5, 0.6) is 34.5 Å². The fraction of sp³-hybridized carbons (Fsp3) is 0.250. The van der Waals surface area contributed by atoms with E-state index in [1.165, 1.54) is 34.4 Å². The summed E-state index contributed by atoms with van der Waals surface area (Å²) < 4.78 is 34.7. The van der Waals surface area contributed by atoms with Gasteiger partial charge in [0.2, 0.25) is 11.5 Å². The summed E-state index contributed by atoms with van der Waals surface area (Å²) in [5, 5.41) is 0.830. The summed E-state index contributed by atoms with van der Waals surface area (Å²) in [7, 11) is 9.37. The van der Waals surface area contributed by atoms with E-state index in [0.717, 1.165) is 19.5 Å². The van der Waals surface area contributed by atoms with Crippen molar-refractivity contribution in [1.82, 2.24) is 9.97 Å². The molecule has 0 saturated heterocycles. The van der Waals surface area contributed by atoms with Gasteiger partial charge in [0.1, 0.15) is 0 Å². The lowest BCUT2D eigenvalue weighted by atomic mass is 10.1. The quantitative estimate of drug-likeness (QED) is 0.261. The van der Waals surface area contributed by atoms with Crippen molar-refractivity contribution in [3.63, 3.8) is 0 Å². The van der Waals surface area contributed by atoms with E-state index in [1.54, 1.807) is 42.7 Å². The van der Waals surface area contributed by atoms with Crippen molar-refractivity contribution in [3.05, 3.63) is 24.3 Å². The van der Waals surface area contributed by atoms with E-state index in [1.807, 2.05) is 24.3 Å². The smallest absolute Gasteiger partial charge is 0.203 e. The van der Waals surface area contributed by atoms with Crippen LogP contribution >= 0.6 is 34.4 Å². The minimum absolute atomic E-state index is 0.415. The van der Waals surface area contributed by atoms with Crippen LogP contribution in [0, 0.1) is 0 Å². The maximum atomic E-state index is 6.15. The Hall–Kier alpha value is -3.55. The maximum Gasteiger partial charge on any atom is 0.203 e. The van der Waals surface area contributed by atoms with Gasteiger partial charge < -0.3 is 39.9 Å². The molecule has 0 aliphatic heterocycles. The number of anilines is 2. The molecule has 2 aromatic carbocycles. The molecule has 2 aromatic heterocycles. The molecule has 4 aromatic rings. The Balaban J connectivity index is 1.81. The molecule has 0 spiro atoms. The zero-order valence-corrected chi connectivity index (χ0v) is 23.5. The van der Waals surface area contributed by atoms with E-state index < -0.39 is 0 Å². The zero-order valence-electron chi connectivity index (χ0n) is 21.0. The van der Waals surface area contributed by atoms with Gasteiger partial charge in [-0.1, -0.05) is 34.4 Å². The number of hydrogen-bond donors (Lipinski definition) is 2. The summed E-state index contributed by atoms with van der Waals surface area (Å²) in [6.07, 6.45) is 0. The number of nitrogens with two attached hydrogens (primary N) is 2. The highest BCUT2D eigenvalue weighted by atomic mass is 32.2. The first kappa shape index (κ1) is 26.5. The lowest BCUT2D eigenvalue weighted by Gasteiger charge is -2.14. The Morgan fingerprint density at radius 2 is 0.892 bits per heavy atom. The van der Waals surface area contributed by atoms with Crippen LogP contribution in [-0.2, 0) is 0 Å². The summed E-state index contributed by atoms with van der Waals surface area (Å²) in [5.41, 5.74) is 15.2. The monoisotopic (exact) mass is 562 g/mol. The molecule has 0 unspecified atom stereocenters. The number of nitrogens with zero attached hydrogens (tertiary/aromatic N) is 2. The summed E-state index contributed by atoms with van der Waals surface area (Å²) in [5.74, 6) is 3.04. The van der Waals surface area contributed by atoms with Gasteiger partial charge in [0, 0.05) is 11.1 Å². The van der Waals surface area contributed by atoms with Crippen molar-refractivity contribution in [2.75, 3.05) is 54.1 Å². The van der Waals surface area contributed by atoms with Crippen LogP contribution in [0.15, 0.2) is 32.7 Å². The Bertz CT molecular complexity index is 1270. The van der Waals surface area contributed by atoms with E-state index in [0.29, 0.717) is 56.1 Å². The average molecular weight is 563 g/mol. The lowest BCUT2D eigenvalue weighted by Crippen LogP contribution is -1.96. The van der Waals surface area contributed by atoms with Crippen molar-refractivity contribution in [2.45, 2.75) is 8.42 Å². The molecule has 0 fully saturated rings. The van der Waals surface area contributed by atoms with E-state index in [4.69, 9.17) is 39.9 Å². The molecule has 13 heteroatoms. The molecule has 0 amide bonds. The zero-order chi connectivity index (χ0) is 26.7. The average Bonchev–Trinajstić information content (AvgIpc) is 3.47. The van der Waals surface area contributed by atoms with Gasteiger partial charge in [-0.05, 0) is 24.3 Å². The fourth-order valence-corrected chi connectivity index (χ4v) is 7.03. The van der Waals surface area contributed by atoms with Gasteiger partial charge in [0.25, 0.3) is 0 Å². The summed E-state index contributed by atoms with van der Waals surface area (Å²) in [6.45, 7) is 0. The Morgan fingerprint density at radius 3 is 1.16 bits per heavy atom. The second-order valence-corrected chi connectivity index (χ2v) is 10.9. The summed E-state index contributed by atoms with van der Waals surface area (Å²) in [6, 6.07) is 7.34. The molecular formula is C24H26N4O6S3. The van der Waals surface area contributed by atoms with Crippen LogP contribution in [0.3, 0.4) is 0 Å². The van der Waals surface area contributed by atoms with E-state index in [-0.39, 0.29) is 0 Å². The van der Waals surface area contributed by atoms with Crippen molar-refractivity contribution < 1.29 is 28.4 Å². The third-order valence-electron chi connectivity index (χ3n) is 5.29. The number of thiazole rings is 2. The number of ether oxygens (including phenoxy) is 6. The minimum Gasteiger partial charge on any atom is -0.493 e. The van der Waals surface area contributed by atoms with Gasteiger partial charge in [0.15, 0.2) is 33.3 Å². The third-order valence-corrected chi connectivity index (χ3v) is 8.40. The molecule has 2 heterocycles. The highest BCUT2D eigenvalue weighted by molar-refractivity contribution is 8.03. The normalized spacial score (nSPS) is 10.8. The summed E-state index contributed by atoms with van der Waals surface area (Å²) in [4.78, 5) is 9.18. The van der Waals surface area contributed by atoms with Crippen molar-refractivity contribution in [2.24, 2.45) is 0 Å². The lowest BCUT2D eigenvalue weighted by molar-refractivity contribution is 0.324. The van der Waals surface area contributed by atoms with Gasteiger partial charge in [-0.2, -0.15) is 0 Å². The first-order valence-corrected chi connectivity index (χ1v) is 13.1. The molecule has 4 rings (SSSR count). The molecular weight excluding hydrogens is 536 g/mol. The van der Waals surface area contributed by atoms with Crippen molar-refractivity contribution in [1.29, 1.82) is 0 Å². The van der Waals surface area contributed by atoms with Crippen LogP contribution in [-0.4, -0.2) is 52.6 Å². The minimum atomic E-state index is 0.415. The number of rotatable bonds is 10. The van der Waals surface area contributed by atoms with Gasteiger partial charge >= 0.3 is 0 Å². The molecule has 0 atom stereocenters. The molecule has 196 valence electrons. The number of aromatic nitrogens is 2. The number of benzene rings is 2. The molecule has 0 aliphatic carbocycles. The topological polar surface area (TPSA) is 133 Å². The largest absolute Gasteiger partial charge is 0.493 e. The molecule has 0 saturated carbocycles. The number of hydrogen-bond acceptors (Lipinski definition) is 13. The Kier molecular flexibility index (Phi) is 8.05. The molecule has 10 nitrogen and oxygen atoms in total. The predicted octanol–water partition coefficient (Wildman–Crippen LogP) is 5.30. The second kappa shape index (κ2) is 11.2. The number of nitrogen functional groups attached to an aromatic ring is 2. The molecule has 4 N–H and O–H groups in total. The molecule has 0 aliphatic rings. The van der Waals surface area contributed by atoms with Crippen molar-refractivity contribution in [3.8, 4) is 57.0 Å². The first-order valence-electron chi connectivity index (χ1n) is 10.7. The van der Waals surface area contributed by atoms with Gasteiger partial charge in [-0.3, -0.25) is 0 Å². The summed E-state index contributed by atoms with van der Waals surface area (Å²) >= 11 is 4.19. The molecule has 37 heavy (non-hydrogen) atoms. The van der Waals surface area contributed by atoms with Crippen LogP contribution in [0.1, 0.15) is 0 Å². The van der Waals surface area contributed by atoms with Crippen LogP contribution < -0.4 is 39.9 Å². The second-order valence-electron chi connectivity index (χ2n) is 7.31. The Labute approximate surface area is 226 Å². The SMILES string of the molecule is COc1cc(-c2nc(N)sc2Sc2sc(N)nc2-c2cc(OC)c(OC)c(OC)c2)cc(OC)c1OC. The van der Waals surface area contributed by atoms with E-state index in [2.05, 4.69) is 9.97 Å². The van der Waals surface area contributed by atoms with Crippen LogP contribution in [0.25, 0.3) is 22.5 Å². The number of methoxy groups -OCH3 is 6. The van der Waals surface area contributed by atoms with E-state index >= 15 is 0 Å². The standard InChI is InChI=1S/C24H26N4O6S3/c1-29-13-7-11(8-14(30-2)19(13)33-5)17-21(36-23(25)27-17)35-22-18(28-24(26)37-22)12-9-15(31-3)20(34-6)16(10-12)32-4/h7-10H,1-6H3,(H2,25,27)(H2,26,28). The maximum absolute atomic E-state index is 6.15. The molecule has 0 radical (unpaired) electrons. The van der Waals surface area contributed by atoms with Gasteiger partial charge in [-0.15, -0.1) is 0 Å². The predicted molar refractivity (Wildman–Crippen MR) is 147 cm³/mol. The van der Waals surface area contributed by atoms with Gasteiger partial charge in [-0.25, -0.2) is 9.97 Å². The van der Waals surface area contributed by atoms with E-state index in [9.17, 15) is 0 Å². The fourth-order valence-electron chi connectivity index (χ4n) is 3.67. The molecule has 0 bridgehead atoms. The van der Waals surface area contributed by atoms with Gasteiger partial charge in [0.05, 0.1) is 62.5 Å².